The molecule has 0 heterocycles. The number of hydrogen-bond donors (Lipinski definition) is 0. The number of carbonyl (C=O) groups excluding carboxylic acids is 1. The first kappa shape index (κ1) is 14.1. The first-order chi connectivity index (χ1) is 7.78. The molecule has 17 heavy (non-hydrogen) atoms. The first-order valence-corrected chi connectivity index (χ1v) is 5.83. The Bertz CT molecular complexity index is 411. The van der Waals surface area contributed by atoms with E-state index in [1.807, 2.05) is 0 Å². The Labute approximate surface area is 111 Å². The Balaban J connectivity index is 2.56. The Morgan fingerprint density at radius 3 is 2.53 bits per heavy atom. The minimum atomic E-state index is -0.529. The molecule has 0 aliphatic heterocycles. The van der Waals surface area contributed by atoms with Crippen LogP contribution in [0.1, 0.15) is 20.8 Å². The van der Waals surface area contributed by atoms with E-state index >= 15 is 0 Å². The van der Waals surface area contributed by atoms with Gasteiger partial charge in [-0.1, -0.05) is 23.2 Å². The van der Waals surface area contributed by atoms with Crippen LogP contribution in [0.25, 0.3) is 0 Å². The lowest BCUT2D eigenvalue weighted by Gasteiger charge is -2.19. The summed E-state index contributed by atoms with van der Waals surface area (Å²) in [7, 11) is 0. The zero-order valence-electron chi connectivity index (χ0n) is 9.92. The molecule has 0 bridgehead atoms. The van der Waals surface area contributed by atoms with E-state index < -0.39 is 11.6 Å². The molecule has 5 heteroatoms. The third-order valence-corrected chi connectivity index (χ3v) is 2.21. The maximum atomic E-state index is 11.4. The van der Waals surface area contributed by atoms with Gasteiger partial charge in [0.15, 0.2) is 6.61 Å². The highest BCUT2D eigenvalue weighted by atomic mass is 35.5. The van der Waals surface area contributed by atoms with Crippen LogP contribution in [0.15, 0.2) is 18.2 Å². The zero-order valence-corrected chi connectivity index (χ0v) is 11.4. The van der Waals surface area contributed by atoms with Gasteiger partial charge in [-0.05, 0) is 32.9 Å². The summed E-state index contributed by atoms with van der Waals surface area (Å²) in [5.74, 6) is -0.0847. The van der Waals surface area contributed by atoms with Gasteiger partial charge in [-0.2, -0.15) is 0 Å². The van der Waals surface area contributed by atoms with Gasteiger partial charge in [-0.25, -0.2) is 4.79 Å². The molecule has 0 saturated carbocycles. The molecule has 1 rings (SSSR count). The van der Waals surface area contributed by atoms with E-state index in [0.29, 0.717) is 15.8 Å². The van der Waals surface area contributed by atoms with E-state index in [1.54, 1.807) is 39.0 Å². The Hall–Kier alpha value is -0.930. The van der Waals surface area contributed by atoms with E-state index in [1.165, 1.54) is 0 Å². The van der Waals surface area contributed by atoms with Gasteiger partial charge in [-0.3, -0.25) is 0 Å². The highest BCUT2D eigenvalue weighted by Gasteiger charge is 2.17. The number of esters is 1. The van der Waals surface area contributed by atoms with E-state index in [0.717, 1.165) is 0 Å². The highest BCUT2D eigenvalue weighted by molar-refractivity contribution is 6.34. The minimum Gasteiger partial charge on any atom is -0.480 e. The maximum absolute atomic E-state index is 11.4. The van der Waals surface area contributed by atoms with Crippen LogP contribution in [-0.2, 0) is 9.53 Å². The average Bonchev–Trinajstić information content (AvgIpc) is 2.17. The van der Waals surface area contributed by atoms with Crippen LogP contribution in [0.5, 0.6) is 5.75 Å². The molecule has 0 aliphatic rings. The molecule has 3 nitrogen and oxygen atoms in total. The van der Waals surface area contributed by atoms with Crippen molar-refractivity contribution in [3.8, 4) is 5.75 Å². The van der Waals surface area contributed by atoms with Crippen LogP contribution in [-0.4, -0.2) is 18.2 Å². The van der Waals surface area contributed by atoms with Crippen molar-refractivity contribution in [3.05, 3.63) is 28.2 Å². The summed E-state index contributed by atoms with van der Waals surface area (Å²) < 4.78 is 10.3. The van der Waals surface area contributed by atoms with Crippen LogP contribution in [0.2, 0.25) is 10.0 Å². The van der Waals surface area contributed by atoms with Crippen molar-refractivity contribution in [2.45, 2.75) is 26.4 Å². The minimum absolute atomic E-state index is 0.197. The summed E-state index contributed by atoms with van der Waals surface area (Å²) in [5, 5.41) is 0.895. The Morgan fingerprint density at radius 2 is 1.94 bits per heavy atom. The molecular formula is C12H14Cl2O3. The topological polar surface area (TPSA) is 35.5 Å². The smallest absolute Gasteiger partial charge is 0.344 e. The first-order valence-electron chi connectivity index (χ1n) is 5.07. The van der Waals surface area contributed by atoms with Crippen LogP contribution in [0.3, 0.4) is 0 Å². The fraction of sp³-hybridized carbons (Fsp3) is 0.417. The molecule has 0 saturated heterocycles. The third-order valence-electron chi connectivity index (χ3n) is 1.66. The van der Waals surface area contributed by atoms with Crippen molar-refractivity contribution >= 4 is 29.2 Å². The molecule has 1 aromatic carbocycles. The Morgan fingerprint density at radius 1 is 1.29 bits per heavy atom. The second kappa shape index (κ2) is 5.61. The lowest BCUT2D eigenvalue weighted by atomic mass is 10.2. The second-order valence-corrected chi connectivity index (χ2v) is 5.29. The fourth-order valence-corrected chi connectivity index (χ4v) is 1.43. The van der Waals surface area contributed by atoms with Crippen molar-refractivity contribution in [1.82, 2.24) is 0 Å². The number of benzene rings is 1. The molecule has 0 amide bonds. The predicted octanol–water partition coefficient (Wildman–Crippen LogP) is 3.71. The van der Waals surface area contributed by atoms with E-state index in [4.69, 9.17) is 32.7 Å². The summed E-state index contributed by atoms with van der Waals surface area (Å²) in [4.78, 5) is 11.4. The molecule has 0 aromatic heterocycles. The largest absolute Gasteiger partial charge is 0.480 e. The molecule has 94 valence electrons. The normalized spacial score (nSPS) is 11.1. The van der Waals surface area contributed by atoms with Gasteiger partial charge >= 0.3 is 5.97 Å². The van der Waals surface area contributed by atoms with Gasteiger partial charge in [-0.15, -0.1) is 0 Å². The predicted molar refractivity (Wildman–Crippen MR) is 67.8 cm³/mol. The summed E-state index contributed by atoms with van der Waals surface area (Å²) in [6, 6.07) is 4.80. The number of hydrogen-bond acceptors (Lipinski definition) is 3. The van der Waals surface area contributed by atoms with Crippen LogP contribution in [0.4, 0.5) is 0 Å². The molecule has 0 spiro atoms. The zero-order chi connectivity index (χ0) is 13.1. The van der Waals surface area contributed by atoms with Crippen molar-refractivity contribution in [1.29, 1.82) is 0 Å². The lowest BCUT2D eigenvalue weighted by Crippen LogP contribution is -2.27. The quantitative estimate of drug-likeness (QED) is 0.790. The van der Waals surface area contributed by atoms with Gasteiger partial charge in [0, 0.05) is 11.1 Å². The number of ether oxygens (including phenoxy) is 2. The second-order valence-electron chi connectivity index (χ2n) is 4.45. The van der Waals surface area contributed by atoms with E-state index in [-0.39, 0.29) is 6.61 Å². The van der Waals surface area contributed by atoms with Gasteiger partial charge < -0.3 is 9.47 Å². The molecule has 1 aromatic rings. The molecule has 0 unspecified atom stereocenters. The van der Waals surface area contributed by atoms with Gasteiger partial charge in [0.25, 0.3) is 0 Å². The standard InChI is InChI=1S/C12H14Cl2O3/c1-12(2,3)17-11(15)7-16-10-6-8(13)4-5-9(10)14/h4-6H,7H2,1-3H3. The van der Waals surface area contributed by atoms with Gasteiger partial charge in [0.2, 0.25) is 0 Å². The maximum Gasteiger partial charge on any atom is 0.344 e. The van der Waals surface area contributed by atoms with Crippen molar-refractivity contribution in [2.75, 3.05) is 6.61 Å². The Kier molecular flexibility index (Phi) is 4.66. The van der Waals surface area contributed by atoms with Crippen LogP contribution in [0, 0.1) is 0 Å². The summed E-state index contributed by atoms with van der Waals surface area (Å²) >= 11 is 11.7. The molecule has 0 atom stereocenters. The molecule has 0 aliphatic carbocycles. The summed E-state index contributed by atoms with van der Waals surface area (Å²) in [6.07, 6.45) is 0. The van der Waals surface area contributed by atoms with Crippen molar-refractivity contribution < 1.29 is 14.3 Å². The van der Waals surface area contributed by atoms with Crippen molar-refractivity contribution in [2.24, 2.45) is 0 Å². The van der Waals surface area contributed by atoms with Crippen LogP contribution < -0.4 is 4.74 Å². The molecule has 0 N–H and O–H groups in total. The monoisotopic (exact) mass is 276 g/mol. The van der Waals surface area contributed by atoms with Gasteiger partial charge in [0.05, 0.1) is 5.02 Å². The highest BCUT2D eigenvalue weighted by Crippen LogP contribution is 2.27. The average molecular weight is 277 g/mol. The van der Waals surface area contributed by atoms with Crippen LogP contribution >= 0.6 is 23.2 Å². The van der Waals surface area contributed by atoms with Gasteiger partial charge in [0.1, 0.15) is 11.4 Å². The van der Waals surface area contributed by atoms with E-state index in [9.17, 15) is 4.79 Å². The molecule has 0 radical (unpaired) electrons. The SMILES string of the molecule is CC(C)(C)OC(=O)COc1cc(Cl)ccc1Cl. The third kappa shape index (κ3) is 5.29. The fourth-order valence-electron chi connectivity index (χ4n) is 1.10. The summed E-state index contributed by atoms with van der Waals surface area (Å²) in [5.41, 5.74) is -0.529. The van der Waals surface area contributed by atoms with Crippen molar-refractivity contribution in [3.63, 3.8) is 0 Å². The van der Waals surface area contributed by atoms with E-state index in [2.05, 4.69) is 0 Å². The number of rotatable bonds is 3. The molecular weight excluding hydrogens is 263 g/mol. The summed E-state index contributed by atoms with van der Waals surface area (Å²) in [6.45, 7) is 5.17. The number of carbonyl (C=O) groups is 1. The number of halogens is 2. The lowest BCUT2D eigenvalue weighted by molar-refractivity contribution is -0.157. The molecule has 0 fully saturated rings.